The Labute approximate surface area is 118 Å². The molecular weight excluding hydrogens is 316 g/mol. The zero-order chi connectivity index (χ0) is 13.1. The summed E-state index contributed by atoms with van der Waals surface area (Å²) in [6.45, 7) is 1.87. The van der Waals surface area contributed by atoms with Crippen LogP contribution in [0.2, 0.25) is 5.02 Å². The first kappa shape index (κ1) is 13.1. The first-order chi connectivity index (χ1) is 8.56. The molecule has 0 saturated carbocycles. The highest BCUT2D eigenvalue weighted by atomic mass is 79.9. The molecule has 0 aliphatic rings. The van der Waals surface area contributed by atoms with Gasteiger partial charge in [0.1, 0.15) is 5.82 Å². The third-order valence-corrected chi connectivity index (χ3v) is 3.54. The lowest BCUT2D eigenvalue weighted by molar-refractivity contribution is 0.102. The highest BCUT2D eigenvalue weighted by Crippen LogP contribution is 2.23. The minimum Gasteiger partial charge on any atom is -0.307 e. The van der Waals surface area contributed by atoms with Gasteiger partial charge in [-0.25, -0.2) is 4.98 Å². The smallest absolute Gasteiger partial charge is 0.256 e. The van der Waals surface area contributed by atoms with E-state index in [2.05, 4.69) is 26.2 Å². The first-order valence-electron chi connectivity index (χ1n) is 5.26. The molecule has 0 atom stereocenters. The number of amides is 1. The van der Waals surface area contributed by atoms with E-state index < -0.39 is 0 Å². The SMILES string of the molecule is Cc1cccc(NC(=O)c2ccc(Br)c(Cl)c2)n1. The van der Waals surface area contributed by atoms with Crippen LogP contribution in [0.1, 0.15) is 16.1 Å². The number of nitrogens with one attached hydrogen (secondary N) is 1. The predicted molar refractivity (Wildman–Crippen MR) is 76.1 cm³/mol. The van der Waals surface area contributed by atoms with Crippen molar-refractivity contribution in [2.45, 2.75) is 6.92 Å². The van der Waals surface area contributed by atoms with Crippen LogP contribution in [-0.4, -0.2) is 10.9 Å². The topological polar surface area (TPSA) is 42.0 Å². The largest absolute Gasteiger partial charge is 0.307 e. The minimum absolute atomic E-state index is 0.234. The van der Waals surface area contributed by atoms with Crippen LogP contribution in [-0.2, 0) is 0 Å². The molecule has 0 unspecified atom stereocenters. The fraction of sp³-hybridized carbons (Fsp3) is 0.0769. The molecule has 1 amide bonds. The summed E-state index contributed by atoms with van der Waals surface area (Å²) in [7, 11) is 0. The van der Waals surface area contributed by atoms with Crippen molar-refractivity contribution in [2.75, 3.05) is 5.32 Å². The quantitative estimate of drug-likeness (QED) is 0.905. The zero-order valence-electron chi connectivity index (χ0n) is 9.58. The second-order valence-corrected chi connectivity index (χ2v) is 5.01. The molecule has 18 heavy (non-hydrogen) atoms. The summed E-state index contributed by atoms with van der Waals surface area (Å²) in [5.74, 6) is 0.293. The van der Waals surface area contributed by atoms with Gasteiger partial charge < -0.3 is 5.32 Å². The third kappa shape index (κ3) is 3.09. The van der Waals surface area contributed by atoms with Gasteiger partial charge in [0.15, 0.2) is 0 Å². The van der Waals surface area contributed by atoms with Crippen LogP contribution in [0, 0.1) is 6.92 Å². The normalized spacial score (nSPS) is 10.2. The molecule has 0 saturated heterocycles. The van der Waals surface area contributed by atoms with Gasteiger partial charge in [-0.15, -0.1) is 0 Å². The van der Waals surface area contributed by atoms with Gasteiger partial charge in [-0.05, 0) is 53.2 Å². The van der Waals surface area contributed by atoms with Gasteiger partial charge in [-0.3, -0.25) is 4.79 Å². The van der Waals surface area contributed by atoms with E-state index in [1.54, 1.807) is 24.3 Å². The Kier molecular flexibility index (Phi) is 3.99. The molecule has 0 aliphatic heterocycles. The Morgan fingerprint density at radius 1 is 1.33 bits per heavy atom. The van der Waals surface area contributed by atoms with Crippen LogP contribution in [0.25, 0.3) is 0 Å². The summed E-state index contributed by atoms with van der Waals surface area (Å²) >= 11 is 9.22. The molecule has 0 aliphatic carbocycles. The standard InChI is InChI=1S/C13H10BrClN2O/c1-8-3-2-4-12(16-8)17-13(18)9-5-6-10(14)11(15)7-9/h2-7H,1H3,(H,16,17,18). The number of rotatable bonds is 2. The average Bonchev–Trinajstić information content (AvgIpc) is 2.32. The molecule has 0 bridgehead atoms. The maximum atomic E-state index is 12.0. The number of hydrogen-bond acceptors (Lipinski definition) is 2. The van der Waals surface area contributed by atoms with Crippen molar-refractivity contribution >= 4 is 39.3 Å². The number of carbonyl (C=O) groups excluding carboxylic acids is 1. The molecule has 1 aromatic heterocycles. The van der Waals surface area contributed by atoms with E-state index in [0.717, 1.165) is 10.2 Å². The molecule has 0 fully saturated rings. The summed E-state index contributed by atoms with van der Waals surface area (Å²) in [6, 6.07) is 10.5. The Balaban J connectivity index is 2.19. The van der Waals surface area contributed by atoms with Gasteiger partial charge in [0.2, 0.25) is 0 Å². The van der Waals surface area contributed by atoms with E-state index in [9.17, 15) is 4.79 Å². The number of hydrogen-bond donors (Lipinski definition) is 1. The summed E-state index contributed by atoms with van der Waals surface area (Å²) in [5.41, 5.74) is 1.34. The molecule has 0 radical (unpaired) electrons. The molecule has 1 N–H and O–H groups in total. The van der Waals surface area contributed by atoms with E-state index >= 15 is 0 Å². The number of halogens is 2. The van der Waals surface area contributed by atoms with Gasteiger partial charge >= 0.3 is 0 Å². The van der Waals surface area contributed by atoms with Crippen molar-refractivity contribution in [3.8, 4) is 0 Å². The summed E-state index contributed by atoms with van der Waals surface area (Å²) in [5, 5.41) is 3.22. The maximum Gasteiger partial charge on any atom is 0.256 e. The molecule has 1 heterocycles. The Morgan fingerprint density at radius 2 is 2.11 bits per heavy atom. The maximum absolute atomic E-state index is 12.0. The number of anilines is 1. The van der Waals surface area contributed by atoms with Crippen molar-refractivity contribution < 1.29 is 4.79 Å². The fourth-order valence-corrected chi connectivity index (χ4v) is 1.87. The average molecular weight is 326 g/mol. The van der Waals surface area contributed by atoms with E-state index in [-0.39, 0.29) is 5.91 Å². The number of aromatic nitrogens is 1. The number of pyridine rings is 1. The highest BCUT2D eigenvalue weighted by molar-refractivity contribution is 9.10. The summed E-state index contributed by atoms with van der Waals surface area (Å²) < 4.78 is 0.759. The van der Waals surface area contributed by atoms with Crippen molar-refractivity contribution in [3.63, 3.8) is 0 Å². The van der Waals surface area contributed by atoms with Crippen LogP contribution in [0.3, 0.4) is 0 Å². The van der Waals surface area contributed by atoms with Gasteiger partial charge in [-0.2, -0.15) is 0 Å². The van der Waals surface area contributed by atoms with Crippen LogP contribution >= 0.6 is 27.5 Å². The molecule has 1 aromatic carbocycles. The molecule has 2 aromatic rings. The van der Waals surface area contributed by atoms with E-state index in [1.165, 1.54) is 0 Å². The Bertz CT molecular complexity index is 601. The summed E-state index contributed by atoms with van der Waals surface area (Å²) in [4.78, 5) is 16.2. The van der Waals surface area contributed by atoms with Gasteiger partial charge in [-0.1, -0.05) is 17.7 Å². The Hall–Kier alpha value is -1.39. The molecular formula is C13H10BrClN2O. The first-order valence-corrected chi connectivity index (χ1v) is 6.43. The second-order valence-electron chi connectivity index (χ2n) is 3.75. The van der Waals surface area contributed by atoms with Crippen LogP contribution < -0.4 is 5.32 Å². The predicted octanol–water partition coefficient (Wildman–Crippen LogP) is 4.06. The fourth-order valence-electron chi connectivity index (χ4n) is 1.44. The van der Waals surface area contributed by atoms with Crippen LogP contribution in [0.15, 0.2) is 40.9 Å². The molecule has 5 heteroatoms. The van der Waals surface area contributed by atoms with Crippen molar-refractivity contribution in [1.82, 2.24) is 4.98 Å². The van der Waals surface area contributed by atoms with Crippen LogP contribution in [0.4, 0.5) is 5.82 Å². The van der Waals surface area contributed by atoms with Gasteiger partial charge in [0.25, 0.3) is 5.91 Å². The molecule has 0 spiro atoms. The van der Waals surface area contributed by atoms with Crippen molar-refractivity contribution in [1.29, 1.82) is 0 Å². The number of carbonyl (C=O) groups is 1. The molecule has 92 valence electrons. The van der Waals surface area contributed by atoms with Crippen molar-refractivity contribution in [3.05, 3.63) is 57.2 Å². The highest BCUT2D eigenvalue weighted by Gasteiger charge is 2.08. The molecule has 3 nitrogen and oxygen atoms in total. The number of nitrogens with zero attached hydrogens (tertiary/aromatic N) is 1. The van der Waals surface area contributed by atoms with E-state index in [1.807, 2.05) is 19.1 Å². The third-order valence-electron chi connectivity index (χ3n) is 2.31. The van der Waals surface area contributed by atoms with Crippen molar-refractivity contribution in [2.24, 2.45) is 0 Å². The van der Waals surface area contributed by atoms with Gasteiger partial charge in [0, 0.05) is 15.7 Å². The zero-order valence-corrected chi connectivity index (χ0v) is 11.9. The lowest BCUT2D eigenvalue weighted by Gasteiger charge is -2.06. The lowest BCUT2D eigenvalue weighted by Crippen LogP contribution is -2.13. The molecule has 2 rings (SSSR count). The lowest BCUT2D eigenvalue weighted by atomic mass is 10.2. The number of benzene rings is 1. The summed E-state index contributed by atoms with van der Waals surface area (Å²) in [6.07, 6.45) is 0. The van der Waals surface area contributed by atoms with Gasteiger partial charge in [0.05, 0.1) is 5.02 Å². The Morgan fingerprint density at radius 3 is 2.78 bits per heavy atom. The minimum atomic E-state index is -0.234. The van der Waals surface area contributed by atoms with Crippen LogP contribution in [0.5, 0.6) is 0 Å². The monoisotopic (exact) mass is 324 g/mol. The van der Waals surface area contributed by atoms with E-state index in [0.29, 0.717) is 16.4 Å². The second kappa shape index (κ2) is 5.50. The van der Waals surface area contributed by atoms with E-state index in [4.69, 9.17) is 11.6 Å². The number of aryl methyl sites for hydroxylation is 1.